The van der Waals surface area contributed by atoms with Crippen molar-refractivity contribution in [1.29, 1.82) is 0 Å². The summed E-state index contributed by atoms with van der Waals surface area (Å²) in [5, 5.41) is 2.28. The van der Waals surface area contributed by atoms with E-state index in [2.05, 4.69) is 97.6 Å². The first-order valence-electron chi connectivity index (χ1n) is 10.1. The largest absolute Gasteiger partial charge is 0.454 e. The zero-order chi connectivity index (χ0) is 19.8. The number of hydrogen-bond donors (Lipinski definition) is 0. The molecule has 4 aromatic carbocycles. The van der Waals surface area contributed by atoms with Crippen LogP contribution in [0.15, 0.2) is 101 Å². The van der Waals surface area contributed by atoms with Gasteiger partial charge in [0.25, 0.3) is 0 Å². The predicted molar refractivity (Wildman–Crippen MR) is 122 cm³/mol. The summed E-state index contributed by atoms with van der Waals surface area (Å²) >= 11 is 0. The highest BCUT2D eigenvalue weighted by Gasteiger charge is 2.18. The molecule has 0 atom stereocenters. The molecule has 142 valence electrons. The lowest BCUT2D eigenvalue weighted by molar-refractivity contribution is 0.669. The predicted octanol–water partition coefficient (Wildman–Crippen LogP) is 8.18. The van der Waals surface area contributed by atoms with Crippen molar-refractivity contribution in [2.45, 2.75) is 19.8 Å². The SMILES string of the molecule is CC(C)c1ccc(N(c2ccccc2)c2cccc3c2oc2ccccc23)cc1. The van der Waals surface area contributed by atoms with E-state index in [-0.39, 0.29) is 0 Å². The Balaban J connectivity index is 1.75. The van der Waals surface area contributed by atoms with Gasteiger partial charge < -0.3 is 9.32 Å². The highest BCUT2D eigenvalue weighted by Crippen LogP contribution is 2.41. The minimum absolute atomic E-state index is 0.507. The van der Waals surface area contributed by atoms with Crippen LogP contribution in [0.25, 0.3) is 21.9 Å². The normalized spacial score (nSPS) is 11.4. The van der Waals surface area contributed by atoms with Gasteiger partial charge in [-0.05, 0) is 47.9 Å². The average molecular weight is 377 g/mol. The number of benzene rings is 4. The summed E-state index contributed by atoms with van der Waals surface area (Å²) in [6.07, 6.45) is 0. The number of nitrogens with zero attached hydrogens (tertiary/aromatic N) is 1. The number of furan rings is 1. The molecule has 2 heteroatoms. The Bertz CT molecular complexity index is 1270. The first-order valence-corrected chi connectivity index (χ1v) is 10.1. The fourth-order valence-corrected chi connectivity index (χ4v) is 3.92. The molecule has 0 saturated carbocycles. The lowest BCUT2D eigenvalue weighted by atomic mass is 10.0. The van der Waals surface area contributed by atoms with Crippen molar-refractivity contribution in [2.24, 2.45) is 0 Å². The molecule has 0 fully saturated rings. The topological polar surface area (TPSA) is 16.4 Å². The van der Waals surface area contributed by atoms with E-state index in [4.69, 9.17) is 4.42 Å². The zero-order valence-corrected chi connectivity index (χ0v) is 16.7. The van der Waals surface area contributed by atoms with Crippen LogP contribution in [0.3, 0.4) is 0 Å². The van der Waals surface area contributed by atoms with Crippen LogP contribution in [0, 0.1) is 0 Å². The van der Waals surface area contributed by atoms with Crippen LogP contribution < -0.4 is 4.90 Å². The Morgan fingerprint density at radius 2 is 1.28 bits per heavy atom. The van der Waals surface area contributed by atoms with Crippen molar-refractivity contribution in [3.05, 3.63) is 103 Å². The van der Waals surface area contributed by atoms with Gasteiger partial charge in [0.1, 0.15) is 5.58 Å². The molecule has 2 nitrogen and oxygen atoms in total. The van der Waals surface area contributed by atoms with Gasteiger partial charge in [-0.1, -0.05) is 74.5 Å². The lowest BCUT2D eigenvalue weighted by Gasteiger charge is -2.25. The Kier molecular flexibility index (Phi) is 4.33. The lowest BCUT2D eigenvalue weighted by Crippen LogP contribution is -2.10. The van der Waals surface area contributed by atoms with Gasteiger partial charge in [0, 0.05) is 22.1 Å². The molecular formula is C27H23NO. The van der Waals surface area contributed by atoms with Crippen LogP contribution in [-0.4, -0.2) is 0 Å². The quantitative estimate of drug-likeness (QED) is 0.314. The number of anilines is 3. The van der Waals surface area contributed by atoms with Gasteiger partial charge in [-0.3, -0.25) is 0 Å². The van der Waals surface area contributed by atoms with Crippen molar-refractivity contribution in [3.8, 4) is 0 Å². The van der Waals surface area contributed by atoms with E-state index < -0.39 is 0 Å². The van der Waals surface area contributed by atoms with Crippen LogP contribution in [-0.2, 0) is 0 Å². The summed E-state index contributed by atoms with van der Waals surface area (Å²) in [5.41, 5.74) is 6.43. The van der Waals surface area contributed by atoms with Crippen molar-refractivity contribution in [2.75, 3.05) is 4.90 Å². The smallest absolute Gasteiger partial charge is 0.159 e. The third-order valence-electron chi connectivity index (χ3n) is 5.46. The summed E-state index contributed by atoms with van der Waals surface area (Å²) in [6, 6.07) is 33.9. The Labute approximate surface area is 171 Å². The minimum atomic E-state index is 0.507. The molecule has 0 saturated heterocycles. The second-order valence-corrected chi connectivity index (χ2v) is 7.67. The van der Waals surface area contributed by atoms with Gasteiger partial charge >= 0.3 is 0 Å². The van der Waals surface area contributed by atoms with Crippen LogP contribution in [0.5, 0.6) is 0 Å². The van der Waals surface area contributed by atoms with Crippen LogP contribution >= 0.6 is 0 Å². The molecule has 0 N–H and O–H groups in total. The Morgan fingerprint density at radius 1 is 0.621 bits per heavy atom. The van der Waals surface area contributed by atoms with Gasteiger partial charge in [0.2, 0.25) is 0 Å². The van der Waals surface area contributed by atoms with Crippen molar-refractivity contribution in [1.82, 2.24) is 0 Å². The number of hydrogen-bond acceptors (Lipinski definition) is 2. The minimum Gasteiger partial charge on any atom is -0.454 e. The molecule has 0 bridgehead atoms. The van der Waals surface area contributed by atoms with Gasteiger partial charge in [-0.2, -0.15) is 0 Å². The second kappa shape index (κ2) is 7.14. The highest BCUT2D eigenvalue weighted by atomic mass is 16.3. The third-order valence-corrected chi connectivity index (χ3v) is 5.46. The number of fused-ring (bicyclic) bond motifs is 3. The maximum absolute atomic E-state index is 6.33. The molecule has 0 spiro atoms. The molecule has 29 heavy (non-hydrogen) atoms. The monoisotopic (exact) mass is 377 g/mol. The summed E-state index contributed by atoms with van der Waals surface area (Å²) in [5.74, 6) is 0.507. The maximum atomic E-state index is 6.33. The van der Waals surface area contributed by atoms with E-state index >= 15 is 0 Å². The zero-order valence-electron chi connectivity index (χ0n) is 16.7. The molecule has 0 aliphatic rings. The Hall–Kier alpha value is -3.52. The first-order chi connectivity index (χ1) is 14.2. The molecule has 1 aromatic heterocycles. The van der Waals surface area contributed by atoms with E-state index in [0.29, 0.717) is 5.92 Å². The van der Waals surface area contributed by atoms with E-state index in [1.165, 1.54) is 5.56 Å². The fraction of sp³-hybridized carbons (Fsp3) is 0.111. The molecule has 0 radical (unpaired) electrons. The van der Waals surface area contributed by atoms with Gasteiger partial charge in [0.15, 0.2) is 5.58 Å². The Morgan fingerprint density at radius 3 is 2.03 bits per heavy atom. The third kappa shape index (κ3) is 3.07. The molecule has 0 aliphatic heterocycles. The van der Waals surface area contributed by atoms with Crippen molar-refractivity contribution < 1.29 is 4.42 Å². The van der Waals surface area contributed by atoms with E-state index in [0.717, 1.165) is 39.0 Å². The second-order valence-electron chi connectivity index (χ2n) is 7.67. The molecule has 0 aliphatic carbocycles. The van der Waals surface area contributed by atoms with E-state index in [1.54, 1.807) is 0 Å². The standard InChI is InChI=1S/C27H23NO/c1-19(2)20-15-17-22(18-16-20)28(21-9-4-3-5-10-21)25-13-8-12-24-23-11-6-7-14-26(23)29-27(24)25/h3-19H,1-2H3. The number of rotatable bonds is 4. The van der Waals surface area contributed by atoms with Crippen molar-refractivity contribution in [3.63, 3.8) is 0 Å². The van der Waals surface area contributed by atoms with Crippen molar-refractivity contribution >= 4 is 39.0 Å². The van der Waals surface area contributed by atoms with Crippen LogP contribution in [0.4, 0.5) is 17.1 Å². The van der Waals surface area contributed by atoms with Crippen LogP contribution in [0.2, 0.25) is 0 Å². The summed E-state index contributed by atoms with van der Waals surface area (Å²) < 4.78 is 6.33. The van der Waals surface area contributed by atoms with Gasteiger partial charge in [-0.25, -0.2) is 0 Å². The fourth-order valence-electron chi connectivity index (χ4n) is 3.92. The molecule has 5 aromatic rings. The summed E-state index contributed by atoms with van der Waals surface area (Å²) in [7, 11) is 0. The molecule has 1 heterocycles. The molecule has 0 amide bonds. The first kappa shape index (κ1) is 17.6. The van der Waals surface area contributed by atoms with E-state index in [9.17, 15) is 0 Å². The van der Waals surface area contributed by atoms with Gasteiger partial charge in [0.05, 0.1) is 5.69 Å². The summed E-state index contributed by atoms with van der Waals surface area (Å²) in [4.78, 5) is 2.27. The average Bonchev–Trinajstić information content (AvgIpc) is 3.15. The summed E-state index contributed by atoms with van der Waals surface area (Å²) in [6.45, 7) is 4.44. The molecule has 5 rings (SSSR count). The van der Waals surface area contributed by atoms with Crippen LogP contribution in [0.1, 0.15) is 25.3 Å². The maximum Gasteiger partial charge on any atom is 0.159 e. The molecular weight excluding hydrogens is 354 g/mol. The van der Waals surface area contributed by atoms with Gasteiger partial charge in [-0.15, -0.1) is 0 Å². The number of para-hydroxylation sites is 3. The van der Waals surface area contributed by atoms with E-state index in [1.807, 2.05) is 18.2 Å². The molecule has 0 unspecified atom stereocenters. The highest BCUT2D eigenvalue weighted by molar-refractivity contribution is 6.10.